The minimum Gasteiger partial charge on any atom is -0.469 e. The van der Waals surface area contributed by atoms with Crippen molar-refractivity contribution in [1.29, 1.82) is 0 Å². The van der Waals surface area contributed by atoms with E-state index in [0.717, 1.165) is 0 Å². The molecule has 7 aliphatic carbocycles. The van der Waals surface area contributed by atoms with Crippen LogP contribution in [-0.4, -0.2) is 61.1 Å². The Morgan fingerprint density at radius 3 is 1.57 bits per heavy atom. The lowest BCUT2D eigenvalue weighted by atomic mass is 9.44. The van der Waals surface area contributed by atoms with Crippen molar-refractivity contribution in [3.8, 4) is 0 Å². The van der Waals surface area contributed by atoms with Gasteiger partial charge in [0.15, 0.2) is 11.6 Å². The van der Waals surface area contributed by atoms with Crippen molar-refractivity contribution < 1.29 is 38.1 Å². The van der Waals surface area contributed by atoms with Crippen molar-refractivity contribution in [3.05, 3.63) is 12.2 Å². The molecule has 0 radical (unpaired) electrons. The molecule has 2 saturated heterocycles. The van der Waals surface area contributed by atoms with Gasteiger partial charge in [-0.25, -0.2) is 0 Å². The van der Waals surface area contributed by atoms with E-state index in [0.29, 0.717) is 0 Å². The molecule has 0 aromatic rings. The van der Waals surface area contributed by atoms with Gasteiger partial charge >= 0.3 is 11.9 Å². The normalized spacial score (nSPS) is 63.3. The number of allylic oxidation sites excluding steroid dienone is 2. The Hall–Kier alpha value is -2.06. The zero-order chi connectivity index (χ0) is 20.5. The number of fused-ring (bicyclic) bond motifs is 3. The average molecular weight is 412 g/mol. The molecule has 30 heavy (non-hydrogen) atoms. The van der Waals surface area contributed by atoms with Crippen LogP contribution in [0.15, 0.2) is 12.2 Å². The van der Waals surface area contributed by atoms with Gasteiger partial charge in [-0.15, -0.1) is 0 Å². The first-order valence-corrected chi connectivity index (χ1v) is 10.7. The van der Waals surface area contributed by atoms with Gasteiger partial charge in [-0.2, -0.15) is 0 Å². The molecule has 8 nitrogen and oxygen atoms in total. The summed E-state index contributed by atoms with van der Waals surface area (Å²) in [5.74, 6) is -2.62. The third kappa shape index (κ3) is 1.33. The van der Waals surface area contributed by atoms with Crippen molar-refractivity contribution in [2.24, 2.45) is 59.2 Å². The molecule has 2 bridgehead atoms. The fourth-order valence-corrected chi connectivity index (χ4v) is 9.22. The maximum atomic E-state index is 13.0. The Balaban J connectivity index is 1.30. The first-order valence-electron chi connectivity index (χ1n) is 10.7. The number of ether oxygens (including phenoxy) is 4. The molecule has 0 N–H and O–H groups in total. The highest BCUT2D eigenvalue weighted by Crippen LogP contribution is 2.90. The van der Waals surface area contributed by atoms with Crippen LogP contribution in [0, 0.1) is 59.2 Å². The van der Waals surface area contributed by atoms with Gasteiger partial charge in [-0.05, 0) is 24.0 Å². The molecular weight excluding hydrogens is 392 g/mol. The first-order chi connectivity index (χ1) is 14.5. The molecule has 9 aliphatic rings. The molecule has 156 valence electrons. The fraction of sp³-hybridized carbons (Fsp3) is 0.727. The Labute approximate surface area is 171 Å². The van der Waals surface area contributed by atoms with Gasteiger partial charge in [-0.1, -0.05) is 0 Å². The molecule has 8 fully saturated rings. The molecule has 2 aliphatic heterocycles. The van der Waals surface area contributed by atoms with Crippen LogP contribution < -0.4 is 0 Å². The molecule has 0 aromatic heterocycles. The third-order valence-electron chi connectivity index (χ3n) is 9.95. The van der Waals surface area contributed by atoms with Gasteiger partial charge in [0.2, 0.25) is 0 Å². The van der Waals surface area contributed by atoms with E-state index in [9.17, 15) is 19.2 Å². The summed E-state index contributed by atoms with van der Waals surface area (Å²) in [7, 11) is 2.77. The summed E-state index contributed by atoms with van der Waals surface area (Å²) in [6, 6.07) is 0. The predicted molar refractivity (Wildman–Crippen MR) is 93.3 cm³/mol. The minimum atomic E-state index is -0.668. The standard InChI is InChI=1S/C22H20O8/c1-27-19(25)13-9-10(13)16-8-6(24)4-3-5(23)7(8)15(9)21-17(29-21)11-12(14(11)20(26)28-2)18-22(16,21)30-18/h3-4,7-18H,1-2H3/t7-,8+,9-,10+,11+,12-,13?,14?,15-,16+,17-,18+,21-,22+. The van der Waals surface area contributed by atoms with E-state index in [2.05, 4.69) is 0 Å². The number of epoxide rings is 2. The maximum absolute atomic E-state index is 13.0. The largest absolute Gasteiger partial charge is 0.469 e. The molecule has 2 spiro atoms. The summed E-state index contributed by atoms with van der Waals surface area (Å²) in [6.45, 7) is 0. The van der Waals surface area contributed by atoms with Crippen LogP contribution >= 0.6 is 0 Å². The topological polar surface area (TPSA) is 112 Å². The monoisotopic (exact) mass is 412 g/mol. The summed E-state index contributed by atoms with van der Waals surface area (Å²) < 4.78 is 23.0. The molecule has 14 atom stereocenters. The van der Waals surface area contributed by atoms with Gasteiger partial charge < -0.3 is 18.9 Å². The van der Waals surface area contributed by atoms with E-state index in [1.165, 1.54) is 26.4 Å². The molecule has 2 unspecified atom stereocenters. The van der Waals surface area contributed by atoms with Gasteiger partial charge in [0.05, 0.1) is 38.3 Å². The summed E-state index contributed by atoms with van der Waals surface area (Å²) in [4.78, 5) is 50.9. The lowest BCUT2D eigenvalue weighted by molar-refractivity contribution is -0.157. The summed E-state index contributed by atoms with van der Waals surface area (Å²) >= 11 is 0. The molecule has 6 saturated carbocycles. The molecule has 8 heteroatoms. The van der Waals surface area contributed by atoms with Crippen molar-refractivity contribution in [2.45, 2.75) is 23.4 Å². The van der Waals surface area contributed by atoms with Crippen molar-refractivity contribution in [2.75, 3.05) is 14.2 Å². The number of carbonyl (C=O) groups excluding carboxylic acids is 4. The second-order valence-corrected chi connectivity index (χ2v) is 10.3. The average Bonchev–Trinajstić information content (AvgIpc) is 3.57. The Morgan fingerprint density at radius 1 is 0.767 bits per heavy atom. The van der Waals surface area contributed by atoms with Crippen LogP contribution in [0.5, 0.6) is 0 Å². The maximum Gasteiger partial charge on any atom is 0.309 e. The summed E-state index contributed by atoms with van der Waals surface area (Å²) in [5, 5.41) is 0. The number of carbonyl (C=O) groups is 4. The van der Waals surface area contributed by atoms with Crippen LogP contribution in [-0.2, 0) is 38.1 Å². The van der Waals surface area contributed by atoms with Crippen molar-refractivity contribution in [1.82, 2.24) is 0 Å². The van der Waals surface area contributed by atoms with E-state index in [4.69, 9.17) is 18.9 Å². The smallest absolute Gasteiger partial charge is 0.309 e. The minimum absolute atomic E-state index is 0.0284. The van der Waals surface area contributed by atoms with E-state index in [-0.39, 0.29) is 83.1 Å². The molecule has 0 amide bonds. The van der Waals surface area contributed by atoms with Gasteiger partial charge in [0, 0.05) is 35.5 Å². The highest BCUT2D eigenvalue weighted by atomic mass is 16.7. The Morgan fingerprint density at radius 2 is 1.17 bits per heavy atom. The molecule has 9 rings (SSSR count). The number of rotatable bonds is 2. The quantitative estimate of drug-likeness (QED) is 0.443. The Kier molecular flexibility index (Phi) is 2.45. The number of methoxy groups -OCH3 is 2. The van der Waals surface area contributed by atoms with Gasteiger partial charge in [0.25, 0.3) is 0 Å². The number of hydrogen-bond acceptors (Lipinski definition) is 8. The van der Waals surface area contributed by atoms with Gasteiger partial charge in [-0.3, -0.25) is 19.2 Å². The number of hydrogen-bond donors (Lipinski definition) is 0. The first kappa shape index (κ1) is 16.6. The Bertz CT molecular complexity index is 968. The summed E-state index contributed by atoms with van der Waals surface area (Å²) in [6.07, 6.45) is 2.43. The van der Waals surface area contributed by atoms with Crippen molar-refractivity contribution >= 4 is 23.5 Å². The van der Waals surface area contributed by atoms with E-state index < -0.39 is 23.0 Å². The van der Waals surface area contributed by atoms with E-state index in [1.54, 1.807) is 0 Å². The predicted octanol–water partition coefficient (Wildman–Crippen LogP) is -0.454. The van der Waals surface area contributed by atoms with Crippen LogP contribution in [0.3, 0.4) is 0 Å². The lowest BCUT2D eigenvalue weighted by Gasteiger charge is -2.55. The second-order valence-electron chi connectivity index (χ2n) is 10.3. The van der Waals surface area contributed by atoms with Crippen LogP contribution in [0.2, 0.25) is 0 Å². The van der Waals surface area contributed by atoms with Crippen LogP contribution in [0.25, 0.3) is 0 Å². The lowest BCUT2D eigenvalue weighted by Crippen LogP contribution is -2.68. The zero-order valence-corrected chi connectivity index (χ0v) is 16.3. The highest BCUT2D eigenvalue weighted by Gasteiger charge is 3.03. The third-order valence-corrected chi connectivity index (χ3v) is 9.95. The number of ketones is 2. The second kappa shape index (κ2) is 4.43. The van der Waals surface area contributed by atoms with Gasteiger partial charge in [0.1, 0.15) is 11.2 Å². The van der Waals surface area contributed by atoms with Crippen molar-refractivity contribution in [3.63, 3.8) is 0 Å². The highest BCUT2D eigenvalue weighted by molar-refractivity contribution is 6.08. The molecule has 0 aromatic carbocycles. The SMILES string of the molecule is COC(=O)C1[C@@H]2[C@H]1[C@H]1[C@@H]3C(=O)C=CC(=O)[C@@H]3[C@@H]2[C@]23O[C@H]2[C@H]2C(C(=O)OC)[C@H]2[C@H]2O[C@]123. The van der Waals surface area contributed by atoms with Crippen LogP contribution in [0.1, 0.15) is 0 Å². The zero-order valence-electron chi connectivity index (χ0n) is 16.3. The molecular formula is C22H20O8. The van der Waals surface area contributed by atoms with E-state index in [1.807, 2.05) is 0 Å². The fourth-order valence-electron chi connectivity index (χ4n) is 9.22. The van der Waals surface area contributed by atoms with Crippen LogP contribution in [0.4, 0.5) is 0 Å². The summed E-state index contributed by atoms with van der Waals surface area (Å²) in [5.41, 5.74) is -1.34. The van der Waals surface area contributed by atoms with E-state index >= 15 is 0 Å². The number of esters is 2. The molecule has 2 heterocycles.